The zero-order chi connectivity index (χ0) is 22.2. The van der Waals surface area contributed by atoms with E-state index in [1.54, 1.807) is 30.2 Å². The lowest BCUT2D eigenvalue weighted by atomic mass is 9.98. The highest BCUT2D eigenvalue weighted by Crippen LogP contribution is 2.39. The summed E-state index contributed by atoms with van der Waals surface area (Å²) in [6, 6.07) is 12.3. The molecular weight excluding hydrogens is 476 g/mol. The molecule has 8 heteroatoms. The third-order valence-corrected chi connectivity index (χ3v) is 6.59. The predicted molar refractivity (Wildman–Crippen MR) is 123 cm³/mol. The van der Waals surface area contributed by atoms with Gasteiger partial charge in [0.2, 0.25) is 5.76 Å². The zero-order valence-corrected chi connectivity index (χ0v) is 19.3. The topological polar surface area (TPSA) is 72.2 Å². The van der Waals surface area contributed by atoms with E-state index >= 15 is 0 Å². The first-order chi connectivity index (χ1) is 15.6. The minimum atomic E-state index is -0.501. The summed E-state index contributed by atoms with van der Waals surface area (Å²) in [6.45, 7) is 4.23. The van der Waals surface area contributed by atoms with Crippen LogP contribution in [0, 0.1) is 0 Å². The standard InChI is InChI=1S/C24H23BrN2O5/c1-30-17-5-6-18-19(14-17)32-23-20(22(18)28)21(15-3-2-4-16(25)13-15)27(24(23)29)8-7-26-9-11-31-12-10-26/h2-6,13-14,21H,7-12H2,1H3/t21-/m0/s1. The normalized spacial score (nSPS) is 18.9. The lowest BCUT2D eigenvalue weighted by Crippen LogP contribution is -2.42. The molecule has 1 atom stereocenters. The molecule has 1 fully saturated rings. The number of morpholine rings is 1. The second-order valence-electron chi connectivity index (χ2n) is 7.95. The Labute approximate surface area is 193 Å². The average molecular weight is 499 g/mol. The summed E-state index contributed by atoms with van der Waals surface area (Å²) < 4.78 is 17.6. The van der Waals surface area contributed by atoms with Crippen molar-refractivity contribution < 1.29 is 18.7 Å². The highest BCUT2D eigenvalue weighted by Gasteiger charge is 2.42. The van der Waals surface area contributed by atoms with E-state index < -0.39 is 6.04 Å². The second-order valence-corrected chi connectivity index (χ2v) is 8.86. The summed E-state index contributed by atoms with van der Waals surface area (Å²) >= 11 is 3.52. The Balaban J connectivity index is 1.61. The Hall–Kier alpha value is -2.68. The van der Waals surface area contributed by atoms with Crippen LogP contribution in [0.4, 0.5) is 0 Å². The van der Waals surface area contributed by atoms with E-state index in [9.17, 15) is 9.59 Å². The maximum atomic E-state index is 13.6. The van der Waals surface area contributed by atoms with E-state index in [1.807, 2.05) is 24.3 Å². The highest BCUT2D eigenvalue weighted by molar-refractivity contribution is 9.10. The summed E-state index contributed by atoms with van der Waals surface area (Å²) in [5, 5.41) is 0.437. The second kappa shape index (κ2) is 8.69. The number of methoxy groups -OCH3 is 1. The molecule has 1 saturated heterocycles. The van der Waals surface area contributed by atoms with Gasteiger partial charge in [-0.1, -0.05) is 28.1 Å². The van der Waals surface area contributed by atoms with Crippen molar-refractivity contribution in [2.75, 3.05) is 46.5 Å². The fourth-order valence-corrected chi connectivity index (χ4v) is 4.87. The highest BCUT2D eigenvalue weighted by atomic mass is 79.9. The quantitative estimate of drug-likeness (QED) is 0.536. The van der Waals surface area contributed by atoms with E-state index in [2.05, 4.69) is 20.8 Å². The van der Waals surface area contributed by atoms with Crippen molar-refractivity contribution >= 4 is 32.8 Å². The molecule has 5 rings (SSSR count). The summed E-state index contributed by atoms with van der Waals surface area (Å²) in [6.07, 6.45) is 0. The van der Waals surface area contributed by atoms with Crippen LogP contribution < -0.4 is 10.2 Å². The van der Waals surface area contributed by atoms with Gasteiger partial charge in [0.25, 0.3) is 5.91 Å². The zero-order valence-electron chi connectivity index (χ0n) is 17.7. The maximum absolute atomic E-state index is 13.6. The first kappa shape index (κ1) is 21.2. The molecule has 0 unspecified atom stereocenters. The van der Waals surface area contributed by atoms with Gasteiger partial charge in [0.15, 0.2) is 5.43 Å². The average Bonchev–Trinajstić information content (AvgIpc) is 3.10. The van der Waals surface area contributed by atoms with Gasteiger partial charge in [0, 0.05) is 36.7 Å². The minimum absolute atomic E-state index is 0.114. The molecule has 2 aromatic carbocycles. The lowest BCUT2D eigenvalue weighted by Gasteiger charge is -2.31. The number of fused-ring (bicyclic) bond motifs is 2. The van der Waals surface area contributed by atoms with Crippen LogP contribution in [0.2, 0.25) is 0 Å². The van der Waals surface area contributed by atoms with Gasteiger partial charge in [0.1, 0.15) is 11.3 Å². The van der Waals surface area contributed by atoms with Gasteiger partial charge in [-0.25, -0.2) is 0 Å². The van der Waals surface area contributed by atoms with Gasteiger partial charge >= 0.3 is 0 Å². The number of ether oxygens (including phenoxy) is 2. The molecule has 3 heterocycles. The molecule has 1 amide bonds. The molecule has 0 spiro atoms. The van der Waals surface area contributed by atoms with Gasteiger partial charge in [-0.05, 0) is 29.8 Å². The van der Waals surface area contributed by atoms with E-state index in [4.69, 9.17) is 13.9 Å². The molecule has 3 aromatic rings. The van der Waals surface area contributed by atoms with Crippen molar-refractivity contribution in [2.24, 2.45) is 0 Å². The van der Waals surface area contributed by atoms with E-state index in [1.165, 1.54) is 0 Å². The van der Waals surface area contributed by atoms with Crippen LogP contribution >= 0.6 is 15.9 Å². The number of nitrogens with zero attached hydrogens (tertiary/aromatic N) is 2. The Morgan fingerprint density at radius 2 is 1.91 bits per heavy atom. The van der Waals surface area contributed by atoms with Crippen LogP contribution in [0.3, 0.4) is 0 Å². The number of halogens is 1. The third kappa shape index (κ3) is 3.72. The summed E-state index contributed by atoms with van der Waals surface area (Å²) in [4.78, 5) is 31.1. The number of carbonyl (C=O) groups excluding carboxylic acids is 1. The van der Waals surface area contributed by atoms with Crippen LogP contribution in [0.5, 0.6) is 5.75 Å². The Bertz CT molecular complexity index is 1230. The Morgan fingerprint density at radius 1 is 1.09 bits per heavy atom. The fourth-order valence-electron chi connectivity index (χ4n) is 4.45. The number of hydrogen-bond donors (Lipinski definition) is 0. The molecule has 0 radical (unpaired) electrons. The summed E-state index contributed by atoms with van der Waals surface area (Å²) in [5.41, 5.74) is 1.43. The molecule has 2 aliphatic heterocycles. The molecule has 0 saturated carbocycles. The van der Waals surface area contributed by atoms with Crippen molar-refractivity contribution in [3.8, 4) is 5.75 Å². The molecule has 166 valence electrons. The molecule has 32 heavy (non-hydrogen) atoms. The molecular formula is C24H23BrN2O5. The number of rotatable bonds is 5. The number of hydrogen-bond acceptors (Lipinski definition) is 6. The van der Waals surface area contributed by atoms with E-state index in [0.29, 0.717) is 48.6 Å². The number of carbonyl (C=O) groups is 1. The van der Waals surface area contributed by atoms with Crippen LogP contribution in [0.15, 0.2) is 56.1 Å². The molecule has 7 nitrogen and oxygen atoms in total. The Kier molecular flexibility index (Phi) is 5.75. The lowest BCUT2D eigenvalue weighted by molar-refractivity contribution is 0.0314. The number of amides is 1. The SMILES string of the molecule is COc1ccc2c(=O)c3c(oc2c1)C(=O)N(CCN1CCOCC1)[C@H]3c1cccc(Br)c1. The predicted octanol–water partition coefficient (Wildman–Crippen LogP) is 3.44. The smallest absolute Gasteiger partial charge is 0.290 e. The van der Waals surface area contributed by atoms with Crippen LogP contribution in [-0.2, 0) is 4.74 Å². The van der Waals surface area contributed by atoms with E-state index in [0.717, 1.165) is 23.1 Å². The largest absolute Gasteiger partial charge is 0.497 e. The fraction of sp³-hybridized carbons (Fsp3) is 0.333. The van der Waals surface area contributed by atoms with Crippen molar-refractivity contribution in [3.05, 3.63) is 74.0 Å². The van der Waals surface area contributed by atoms with Gasteiger partial charge < -0.3 is 18.8 Å². The van der Waals surface area contributed by atoms with Crippen LogP contribution in [-0.4, -0.2) is 62.2 Å². The number of benzene rings is 2. The van der Waals surface area contributed by atoms with Gasteiger partial charge in [-0.3, -0.25) is 14.5 Å². The Morgan fingerprint density at radius 3 is 2.66 bits per heavy atom. The van der Waals surface area contributed by atoms with E-state index in [-0.39, 0.29) is 17.1 Å². The molecule has 0 aliphatic carbocycles. The molecule has 0 N–H and O–H groups in total. The van der Waals surface area contributed by atoms with Gasteiger partial charge in [0.05, 0.1) is 37.3 Å². The van der Waals surface area contributed by atoms with Crippen molar-refractivity contribution in [3.63, 3.8) is 0 Å². The molecule has 0 bridgehead atoms. The van der Waals surface area contributed by atoms with Gasteiger partial charge in [-0.15, -0.1) is 0 Å². The maximum Gasteiger partial charge on any atom is 0.290 e. The minimum Gasteiger partial charge on any atom is -0.497 e. The third-order valence-electron chi connectivity index (χ3n) is 6.10. The molecule has 2 aliphatic rings. The van der Waals surface area contributed by atoms with Crippen molar-refractivity contribution in [1.82, 2.24) is 9.80 Å². The van der Waals surface area contributed by atoms with Crippen molar-refractivity contribution in [1.29, 1.82) is 0 Å². The van der Waals surface area contributed by atoms with Gasteiger partial charge in [-0.2, -0.15) is 0 Å². The van der Waals surface area contributed by atoms with Crippen LogP contribution in [0.1, 0.15) is 27.7 Å². The first-order valence-corrected chi connectivity index (χ1v) is 11.4. The van der Waals surface area contributed by atoms with Crippen molar-refractivity contribution in [2.45, 2.75) is 6.04 Å². The summed E-state index contributed by atoms with van der Waals surface area (Å²) in [7, 11) is 1.55. The van der Waals surface area contributed by atoms with Crippen LogP contribution in [0.25, 0.3) is 11.0 Å². The first-order valence-electron chi connectivity index (χ1n) is 10.6. The summed E-state index contributed by atoms with van der Waals surface area (Å²) in [5.74, 6) is 0.418. The molecule has 1 aromatic heterocycles. The monoisotopic (exact) mass is 498 g/mol.